The number of methoxy groups -OCH3 is 2. The number of hydrogen-bond donors (Lipinski definition) is 4. The topological polar surface area (TPSA) is 188 Å². The molecule has 1 spiro atoms. The van der Waals surface area contributed by atoms with Gasteiger partial charge in [-0.25, -0.2) is 0 Å². The molecule has 3 aromatic rings. The molecule has 0 unspecified atom stereocenters. The van der Waals surface area contributed by atoms with E-state index >= 15 is 0 Å². The number of azide groups is 1. The molecule has 4 aliphatic heterocycles. The number of anilines is 1. The quantitative estimate of drug-likeness (QED) is 0.0706. The third kappa shape index (κ3) is 5.74. The lowest BCUT2D eigenvalue weighted by molar-refractivity contribution is -0.201. The van der Waals surface area contributed by atoms with Gasteiger partial charge in [0.05, 0.1) is 31.8 Å². The molecule has 9 atom stereocenters. The van der Waals surface area contributed by atoms with Crippen LogP contribution in [-0.2, 0) is 26.2 Å². The molecule has 57 heavy (non-hydrogen) atoms. The average molecular weight is 782 g/mol. The van der Waals surface area contributed by atoms with Crippen LogP contribution < -0.4 is 9.64 Å². The predicted octanol–water partition coefficient (Wildman–Crippen LogP) is 4.57. The summed E-state index contributed by atoms with van der Waals surface area (Å²) < 4.78 is 11.6. The number of amides is 1. The maximum Gasteiger partial charge on any atom is 0.313 e. The zero-order valence-corrected chi connectivity index (χ0v) is 33.5. The van der Waals surface area contributed by atoms with Crippen LogP contribution in [-0.4, -0.2) is 125 Å². The van der Waals surface area contributed by atoms with E-state index in [2.05, 4.69) is 43.1 Å². The van der Waals surface area contributed by atoms with Crippen molar-refractivity contribution in [1.29, 1.82) is 0 Å². The number of β-amino-alcohol motifs (C(OH)–C–C–N with tert-alkyl or cyclic N) is 1. The number of nitrogens with one attached hydrogen (secondary N) is 1. The minimum Gasteiger partial charge on any atom is -0.496 e. The lowest BCUT2D eigenvalue weighted by atomic mass is 9.47. The lowest BCUT2D eigenvalue weighted by Crippen LogP contribution is -2.80. The number of esters is 1. The highest BCUT2D eigenvalue weighted by Gasteiger charge is 2.78. The predicted molar refractivity (Wildman–Crippen MR) is 215 cm³/mol. The van der Waals surface area contributed by atoms with Crippen molar-refractivity contribution in [3.05, 3.63) is 81.9 Å². The molecule has 0 bridgehead atoms. The van der Waals surface area contributed by atoms with Gasteiger partial charge in [-0.1, -0.05) is 44.2 Å². The first-order valence-corrected chi connectivity index (χ1v) is 20.3. The Morgan fingerprint density at radius 3 is 2.65 bits per heavy atom. The third-order valence-electron chi connectivity index (χ3n) is 14.6. The summed E-state index contributed by atoms with van der Waals surface area (Å²) in [7, 11) is 4.73. The Labute approximate surface area is 333 Å². The summed E-state index contributed by atoms with van der Waals surface area (Å²) >= 11 is 0. The van der Waals surface area contributed by atoms with E-state index in [1.165, 1.54) is 18.1 Å². The molecule has 2 aromatic carbocycles. The number of ether oxygens (including phenoxy) is 2. The summed E-state index contributed by atoms with van der Waals surface area (Å²) in [6, 6.07) is 10.8. The summed E-state index contributed by atoms with van der Waals surface area (Å²) in [6.07, 6.45) is 7.68. The average Bonchev–Trinajstić information content (AvgIpc) is 3.89. The van der Waals surface area contributed by atoms with Gasteiger partial charge in [-0.3, -0.25) is 19.4 Å². The number of aliphatic hydroxyl groups excluding tert-OH is 1. The van der Waals surface area contributed by atoms with Gasteiger partial charge in [0.2, 0.25) is 0 Å². The zero-order chi connectivity index (χ0) is 40.5. The fourth-order valence-corrected chi connectivity index (χ4v) is 12.2. The largest absolute Gasteiger partial charge is 0.496 e. The molecule has 5 heterocycles. The van der Waals surface area contributed by atoms with E-state index in [-0.39, 0.29) is 12.0 Å². The van der Waals surface area contributed by atoms with Gasteiger partial charge in [0.15, 0.2) is 5.60 Å². The van der Waals surface area contributed by atoms with E-state index in [9.17, 15) is 30.4 Å². The Morgan fingerprint density at radius 1 is 1.14 bits per heavy atom. The maximum atomic E-state index is 14.1. The van der Waals surface area contributed by atoms with Gasteiger partial charge in [-0.05, 0) is 84.9 Å². The van der Waals surface area contributed by atoms with Crippen LogP contribution in [0.25, 0.3) is 21.3 Å². The number of hydrogen-bond acceptors (Lipinski definition) is 10. The normalized spacial score (nSPS) is 33.6. The van der Waals surface area contributed by atoms with Crippen LogP contribution in [0, 0.1) is 11.3 Å². The number of para-hydroxylation sites is 1. The first kappa shape index (κ1) is 39.4. The first-order chi connectivity index (χ1) is 27.3. The molecule has 1 saturated carbocycles. The van der Waals surface area contributed by atoms with Crippen molar-refractivity contribution in [3.63, 3.8) is 0 Å². The number of likely N-dealkylation sites (tertiary alicyclic amines) is 1. The van der Waals surface area contributed by atoms with Crippen LogP contribution >= 0.6 is 0 Å². The highest BCUT2D eigenvalue weighted by molar-refractivity contribution is 5.91. The summed E-state index contributed by atoms with van der Waals surface area (Å²) in [6.45, 7) is 7.21. The monoisotopic (exact) mass is 781 g/mol. The van der Waals surface area contributed by atoms with Gasteiger partial charge >= 0.3 is 5.97 Å². The number of rotatable bonds is 11. The van der Waals surface area contributed by atoms with Crippen molar-refractivity contribution in [3.8, 4) is 5.75 Å². The van der Waals surface area contributed by atoms with Crippen molar-refractivity contribution < 1.29 is 34.4 Å². The van der Waals surface area contributed by atoms with E-state index in [1.54, 1.807) is 14.2 Å². The molecule has 2 saturated heterocycles. The number of aliphatic hydroxyl groups is 3. The van der Waals surface area contributed by atoms with E-state index in [0.29, 0.717) is 75.3 Å². The van der Waals surface area contributed by atoms with Gasteiger partial charge in [0.25, 0.3) is 5.91 Å². The number of nitrogens with zero attached hydrogens (tertiary/aromatic N) is 6. The van der Waals surface area contributed by atoms with Crippen molar-refractivity contribution >= 4 is 28.5 Å². The third-order valence-corrected chi connectivity index (χ3v) is 14.6. The number of piperidine rings is 1. The molecule has 14 nitrogen and oxygen atoms in total. The molecular formula is C43H55N7O7. The Balaban J connectivity index is 1.19. The highest BCUT2D eigenvalue weighted by atomic mass is 16.5. The molecule has 304 valence electrons. The van der Waals surface area contributed by atoms with Crippen LogP contribution in [0.15, 0.2) is 59.9 Å². The number of likely N-dealkylation sites (N-methyl/N-ethyl adjacent to an activating group) is 1. The number of fused-ring (bicyclic) bond motifs is 2. The standard InChI is InChI=1S/C43H55N7O7/c1-6-40(54)22-26(24-49(25-40)17-13-27-23-45-32-12-9-8-11-28(27)32)19-30(35(51)57-5)29-20-31-33(21-34(29)56-4)48(3)37-42(31)15-18-50-16-10-14-41(7-2,36(42)50)38(52)43(37,55)39(53)46-47-44/h8-12,14,20-21,23,26,30,36-38,45,52,54-55H,6-7,13,15-19,22,24-25H2,1-5H3/t26-,30+,36+,37-,38-,40+,41-,42-,43+/m1/s1. The summed E-state index contributed by atoms with van der Waals surface area (Å²) in [5, 5.41) is 41.5. The molecule has 1 aromatic heterocycles. The highest BCUT2D eigenvalue weighted by Crippen LogP contribution is 2.67. The Morgan fingerprint density at radius 2 is 1.93 bits per heavy atom. The van der Waals surface area contributed by atoms with Gasteiger partial charge in [-0.15, -0.1) is 0 Å². The number of carbonyl (C=O) groups excluding carboxylic acids is 2. The molecular weight excluding hydrogens is 727 g/mol. The molecule has 0 radical (unpaired) electrons. The van der Waals surface area contributed by atoms with E-state index in [4.69, 9.17) is 9.47 Å². The number of aromatic nitrogens is 1. The molecule has 5 aliphatic rings. The smallest absolute Gasteiger partial charge is 0.313 e. The summed E-state index contributed by atoms with van der Waals surface area (Å²) in [4.78, 5) is 40.5. The van der Waals surface area contributed by atoms with Crippen LogP contribution in [0.3, 0.4) is 0 Å². The van der Waals surface area contributed by atoms with Crippen LogP contribution in [0.2, 0.25) is 0 Å². The number of aromatic amines is 1. The maximum absolute atomic E-state index is 14.1. The van der Waals surface area contributed by atoms with Crippen molar-refractivity contribution in [2.45, 2.75) is 93.1 Å². The second-order valence-corrected chi connectivity index (χ2v) is 17.2. The second-order valence-electron chi connectivity index (χ2n) is 17.2. The van der Waals surface area contributed by atoms with Gasteiger partial charge in [0, 0.05) is 89.4 Å². The Kier molecular flexibility index (Phi) is 9.98. The lowest BCUT2D eigenvalue weighted by Gasteiger charge is -2.63. The molecule has 1 aliphatic carbocycles. The molecule has 14 heteroatoms. The van der Waals surface area contributed by atoms with Gasteiger partial charge in [-0.2, -0.15) is 0 Å². The summed E-state index contributed by atoms with van der Waals surface area (Å²) in [5.41, 5.74) is 8.56. The molecule has 4 N–H and O–H groups in total. The number of carbonyl (C=O) groups is 2. The number of benzene rings is 2. The second kappa shape index (κ2) is 14.4. The Bertz CT molecular complexity index is 2150. The minimum absolute atomic E-state index is 0.0584. The molecule has 1 amide bonds. The SMILES string of the molecule is CC[C@]1(O)C[C@@H](C[C@H](C(=O)OC)c2cc3c(cc2OC)N(C)[C@H]2[C@@](O)(C(=O)N=[N+]=[N-])[C@H](O)[C@]4(CC)C=CCN5CC[C@]32[C@@H]54)CN(CCc2c[nH]c3ccccc23)C1. The van der Waals surface area contributed by atoms with E-state index in [1.807, 2.05) is 55.2 Å². The molecule has 3 fully saturated rings. The van der Waals surface area contributed by atoms with Crippen molar-refractivity contribution in [2.75, 3.05) is 58.9 Å². The molecule has 8 rings (SSSR count). The van der Waals surface area contributed by atoms with Crippen LogP contribution in [0.1, 0.15) is 68.6 Å². The summed E-state index contributed by atoms with van der Waals surface area (Å²) in [5.74, 6) is -1.91. The van der Waals surface area contributed by atoms with Crippen LogP contribution in [0.5, 0.6) is 5.75 Å². The fourth-order valence-electron chi connectivity index (χ4n) is 12.2. The first-order valence-electron chi connectivity index (χ1n) is 20.3. The Hall–Kier alpha value is -4.43. The van der Waals surface area contributed by atoms with Gasteiger partial charge in [0.1, 0.15) is 11.9 Å². The van der Waals surface area contributed by atoms with E-state index < -0.39 is 52.0 Å². The van der Waals surface area contributed by atoms with Crippen LogP contribution in [0.4, 0.5) is 5.69 Å². The number of H-pyrrole nitrogens is 1. The zero-order valence-electron chi connectivity index (χ0n) is 33.5. The van der Waals surface area contributed by atoms with Gasteiger partial charge < -0.3 is 34.7 Å². The van der Waals surface area contributed by atoms with E-state index in [0.717, 1.165) is 24.0 Å². The van der Waals surface area contributed by atoms with Crippen molar-refractivity contribution in [2.24, 2.45) is 16.4 Å². The van der Waals surface area contributed by atoms with Crippen molar-refractivity contribution in [1.82, 2.24) is 14.8 Å². The minimum atomic E-state index is -2.46. The fraction of sp³-hybridized carbons (Fsp3) is 0.581.